The minimum atomic E-state index is 0. The lowest BCUT2D eigenvalue weighted by Crippen LogP contribution is -1.96. The lowest BCUT2D eigenvalue weighted by atomic mass is 10.0. The maximum Gasteiger partial charge on any atom is 0.112 e. The zero-order valence-electron chi connectivity index (χ0n) is 10.4. The molecule has 19 heavy (non-hydrogen) atoms. The Morgan fingerprint density at radius 1 is 1.05 bits per heavy atom. The number of para-hydroxylation sites is 1. The first kappa shape index (κ1) is 14.0. The Bertz CT molecular complexity index is 734. The smallest absolute Gasteiger partial charge is 0.112 e. The number of hydrogen-bond donors (Lipinski definition) is 1. The average Bonchev–Trinajstić information content (AvgIpc) is 2.63. The number of halogens is 2. The van der Waals surface area contributed by atoms with E-state index >= 15 is 0 Å². The van der Waals surface area contributed by atoms with Gasteiger partial charge in [0.25, 0.3) is 0 Å². The number of aromatic nitrogens is 1. The van der Waals surface area contributed by atoms with Crippen LogP contribution in [0.25, 0.3) is 22.0 Å². The van der Waals surface area contributed by atoms with Gasteiger partial charge in [-0.1, -0.05) is 46.3 Å². The number of aryl methyl sites for hydroxylation is 1. The summed E-state index contributed by atoms with van der Waals surface area (Å²) in [7, 11) is 2.00. The second-order valence-electron chi connectivity index (χ2n) is 4.35. The van der Waals surface area contributed by atoms with Gasteiger partial charge in [-0.25, -0.2) is 0 Å². The van der Waals surface area contributed by atoms with Crippen LogP contribution in [0.2, 0.25) is 0 Å². The minimum Gasteiger partial charge on any atom is -0.385 e. The number of nitrogens with two attached hydrogens (primary N) is 1. The number of fused-ring (bicyclic) bond motifs is 1. The van der Waals surface area contributed by atoms with Gasteiger partial charge in [0.15, 0.2) is 0 Å². The zero-order valence-corrected chi connectivity index (χ0v) is 12.8. The molecule has 0 atom stereocenters. The van der Waals surface area contributed by atoms with E-state index in [1.807, 2.05) is 35.9 Å². The van der Waals surface area contributed by atoms with Gasteiger partial charge in [-0.3, -0.25) is 0 Å². The summed E-state index contributed by atoms with van der Waals surface area (Å²) < 4.78 is 3.10. The van der Waals surface area contributed by atoms with Crippen LogP contribution >= 0.6 is 28.3 Å². The quantitative estimate of drug-likeness (QED) is 0.690. The summed E-state index contributed by atoms with van der Waals surface area (Å²) in [6.07, 6.45) is 0. The molecular formula is C15H14BrClN2. The van der Waals surface area contributed by atoms with Crippen molar-refractivity contribution in [2.75, 3.05) is 5.73 Å². The highest BCUT2D eigenvalue weighted by Gasteiger charge is 2.13. The molecule has 2 N–H and O–H groups in total. The summed E-state index contributed by atoms with van der Waals surface area (Å²) in [5, 5.41) is 1.19. The van der Waals surface area contributed by atoms with Gasteiger partial charge in [0, 0.05) is 28.0 Å². The van der Waals surface area contributed by atoms with Gasteiger partial charge in [0.1, 0.15) is 5.82 Å². The predicted molar refractivity (Wildman–Crippen MR) is 87.7 cm³/mol. The normalized spacial score (nSPS) is 10.4. The Labute approximate surface area is 126 Å². The van der Waals surface area contributed by atoms with E-state index in [1.54, 1.807) is 0 Å². The molecule has 0 saturated carbocycles. The predicted octanol–water partition coefficient (Wildman–Crippen LogP) is 4.61. The molecule has 0 radical (unpaired) electrons. The molecule has 0 amide bonds. The second-order valence-corrected chi connectivity index (χ2v) is 5.26. The van der Waals surface area contributed by atoms with Crippen molar-refractivity contribution in [1.82, 2.24) is 4.57 Å². The van der Waals surface area contributed by atoms with Crippen molar-refractivity contribution in [2.45, 2.75) is 0 Å². The van der Waals surface area contributed by atoms with Crippen LogP contribution in [0.1, 0.15) is 0 Å². The van der Waals surface area contributed by atoms with Crippen molar-refractivity contribution in [3.8, 4) is 11.1 Å². The van der Waals surface area contributed by atoms with E-state index in [-0.39, 0.29) is 12.4 Å². The highest BCUT2D eigenvalue weighted by atomic mass is 79.9. The number of benzene rings is 2. The van der Waals surface area contributed by atoms with Gasteiger partial charge in [-0.15, -0.1) is 12.4 Å². The Kier molecular flexibility index (Phi) is 3.88. The van der Waals surface area contributed by atoms with Crippen LogP contribution in [0.5, 0.6) is 0 Å². The molecule has 1 heterocycles. The van der Waals surface area contributed by atoms with E-state index in [0.717, 1.165) is 26.9 Å². The minimum absolute atomic E-state index is 0. The average molecular weight is 338 g/mol. The van der Waals surface area contributed by atoms with Crippen LogP contribution in [0, 0.1) is 0 Å². The molecule has 0 aliphatic rings. The van der Waals surface area contributed by atoms with E-state index in [4.69, 9.17) is 5.73 Å². The van der Waals surface area contributed by atoms with Crippen LogP contribution in [0.15, 0.2) is 53.0 Å². The van der Waals surface area contributed by atoms with Crippen LogP contribution in [0.4, 0.5) is 5.82 Å². The van der Waals surface area contributed by atoms with E-state index in [9.17, 15) is 0 Å². The fourth-order valence-corrected chi connectivity index (χ4v) is 2.76. The van der Waals surface area contributed by atoms with Crippen molar-refractivity contribution < 1.29 is 0 Å². The second kappa shape index (κ2) is 5.27. The van der Waals surface area contributed by atoms with E-state index in [1.165, 1.54) is 5.39 Å². The van der Waals surface area contributed by atoms with E-state index in [2.05, 4.69) is 40.2 Å². The first-order chi connectivity index (χ1) is 8.68. The lowest BCUT2D eigenvalue weighted by molar-refractivity contribution is 0.984. The van der Waals surface area contributed by atoms with Crippen molar-refractivity contribution in [2.24, 2.45) is 7.05 Å². The molecule has 2 aromatic carbocycles. The number of hydrogen-bond acceptors (Lipinski definition) is 1. The van der Waals surface area contributed by atoms with Crippen LogP contribution in [-0.2, 0) is 7.05 Å². The van der Waals surface area contributed by atoms with E-state index in [0.29, 0.717) is 0 Å². The van der Waals surface area contributed by atoms with Crippen molar-refractivity contribution in [3.05, 3.63) is 53.0 Å². The molecule has 3 aromatic rings. The Morgan fingerprint density at radius 2 is 1.79 bits per heavy atom. The van der Waals surface area contributed by atoms with Crippen LogP contribution in [0.3, 0.4) is 0 Å². The van der Waals surface area contributed by atoms with Gasteiger partial charge in [0.2, 0.25) is 0 Å². The van der Waals surface area contributed by atoms with Crippen molar-refractivity contribution in [1.29, 1.82) is 0 Å². The highest BCUT2D eigenvalue weighted by molar-refractivity contribution is 9.10. The third-order valence-electron chi connectivity index (χ3n) is 3.27. The molecule has 0 aliphatic heterocycles. The summed E-state index contributed by atoms with van der Waals surface area (Å²) in [6, 6.07) is 16.5. The molecule has 0 spiro atoms. The molecule has 0 bridgehead atoms. The van der Waals surface area contributed by atoms with Crippen molar-refractivity contribution in [3.63, 3.8) is 0 Å². The third-order valence-corrected chi connectivity index (χ3v) is 3.76. The Balaban J connectivity index is 0.00000133. The highest BCUT2D eigenvalue weighted by Crippen LogP contribution is 2.36. The molecule has 0 saturated heterocycles. The summed E-state index contributed by atoms with van der Waals surface area (Å²) >= 11 is 3.51. The largest absolute Gasteiger partial charge is 0.385 e. The number of anilines is 1. The van der Waals surface area contributed by atoms with Crippen LogP contribution < -0.4 is 5.73 Å². The zero-order chi connectivity index (χ0) is 12.7. The topological polar surface area (TPSA) is 30.9 Å². The first-order valence-corrected chi connectivity index (χ1v) is 6.56. The Morgan fingerprint density at radius 3 is 2.53 bits per heavy atom. The summed E-state index contributed by atoms with van der Waals surface area (Å²) in [5.74, 6) is 0.800. The first-order valence-electron chi connectivity index (χ1n) is 5.77. The molecule has 3 rings (SSSR count). The van der Waals surface area contributed by atoms with Gasteiger partial charge in [-0.2, -0.15) is 0 Å². The number of rotatable bonds is 1. The fourth-order valence-electron chi connectivity index (χ4n) is 2.36. The number of nitrogen functional groups attached to an aromatic ring is 1. The molecule has 98 valence electrons. The fraction of sp³-hybridized carbons (Fsp3) is 0.0667. The van der Waals surface area contributed by atoms with E-state index < -0.39 is 0 Å². The van der Waals surface area contributed by atoms with Gasteiger partial charge in [-0.05, 0) is 23.8 Å². The number of nitrogens with zero attached hydrogens (tertiary/aromatic N) is 1. The van der Waals surface area contributed by atoms with Gasteiger partial charge < -0.3 is 10.3 Å². The molecule has 4 heteroatoms. The molecule has 2 nitrogen and oxygen atoms in total. The SMILES string of the molecule is Cl.Cn1c(N)c(-c2cccc(Br)c2)c2ccccc21. The van der Waals surface area contributed by atoms with Crippen LogP contribution in [-0.4, -0.2) is 4.57 Å². The maximum atomic E-state index is 6.25. The molecule has 1 aromatic heterocycles. The van der Waals surface area contributed by atoms with Gasteiger partial charge in [0.05, 0.1) is 0 Å². The lowest BCUT2D eigenvalue weighted by Gasteiger charge is -2.03. The summed E-state index contributed by atoms with van der Waals surface area (Å²) in [5.41, 5.74) is 9.65. The van der Waals surface area contributed by atoms with Crippen molar-refractivity contribution >= 4 is 45.1 Å². The summed E-state index contributed by atoms with van der Waals surface area (Å²) in [6.45, 7) is 0. The molecule has 0 unspecified atom stereocenters. The third kappa shape index (κ3) is 2.24. The molecular weight excluding hydrogens is 324 g/mol. The summed E-state index contributed by atoms with van der Waals surface area (Å²) in [4.78, 5) is 0. The maximum absolute atomic E-state index is 6.25. The standard InChI is InChI=1S/C15H13BrN2.ClH/c1-18-13-8-3-2-7-12(13)14(15(18)17)10-5-4-6-11(16)9-10;/h2-9H,17H2,1H3;1H. The molecule has 0 fully saturated rings. The monoisotopic (exact) mass is 336 g/mol. The molecule has 0 aliphatic carbocycles. The van der Waals surface area contributed by atoms with Gasteiger partial charge >= 0.3 is 0 Å². The Hall–Kier alpha value is -1.45.